The van der Waals surface area contributed by atoms with Crippen LogP contribution in [0, 0.1) is 0 Å². The second kappa shape index (κ2) is 13.7. The van der Waals surface area contributed by atoms with Crippen LogP contribution < -0.4 is 9.64 Å². The molecule has 57 heavy (non-hydrogen) atoms. The van der Waals surface area contributed by atoms with E-state index < -0.39 is 0 Å². The Morgan fingerprint density at radius 1 is 0.386 bits per heavy atom. The molecule has 0 radical (unpaired) electrons. The Kier molecular flexibility index (Phi) is 8.46. The number of hydrogen-bond donors (Lipinski definition) is 0. The Labute approximate surface area is 340 Å². The Morgan fingerprint density at radius 3 is 1.53 bits per heavy atom. The number of benzene rings is 8. The fourth-order valence-corrected chi connectivity index (χ4v) is 10.4. The van der Waals surface area contributed by atoms with Gasteiger partial charge in [-0.2, -0.15) is 0 Å². The molecular formula is C54H43NOS. The summed E-state index contributed by atoms with van der Waals surface area (Å²) < 4.78 is 6.66. The van der Waals surface area contributed by atoms with E-state index in [0.717, 1.165) is 39.7 Å². The fraction of sp³-hybridized carbons (Fsp3) is 0.111. The smallest absolute Gasteiger partial charge is 0.139 e. The van der Waals surface area contributed by atoms with E-state index in [9.17, 15) is 0 Å². The molecule has 0 fully saturated rings. The van der Waals surface area contributed by atoms with Crippen molar-refractivity contribution in [2.45, 2.75) is 48.3 Å². The summed E-state index contributed by atoms with van der Waals surface area (Å²) >= 11 is 1.90. The molecule has 0 amide bonds. The van der Waals surface area contributed by atoms with Crippen LogP contribution in [0.2, 0.25) is 0 Å². The summed E-state index contributed by atoms with van der Waals surface area (Å²) in [6.45, 7) is 9.28. The number of hydrogen-bond acceptors (Lipinski definition) is 3. The van der Waals surface area contributed by atoms with Crippen LogP contribution in [0.5, 0.6) is 11.5 Å². The molecule has 0 unspecified atom stereocenters. The van der Waals surface area contributed by atoms with Gasteiger partial charge in [0, 0.05) is 54.4 Å². The summed E-state index contributed by atoms with van der Waals surface area (Å²) in [6.07, 6.45) is 0. The lowest BCUT2D eigenvalue weighted by molar-refractivity contribution is 0.419. The van der Waals surface area contributed by atoms with Crippen molar-refractivity contribution in [3.8, 4) is 44.9 Å². The number of nitrogens with zero attached hydrogens (tertiary/aromatic N) is 1. The Bertz CT molecular complexity index is 2610. The minimum Gasteiger partial charge on any atom is -0.456 e. The highest BCUT2D eigenvalue weighted by Gasteiger charge is 2.36. The third kappa shape index (κ3) is 5.97. The molecule has 0 bridgehead atoms. The van der Waals surface area contributed by atoms with Gasteiger partial charge in [0.2, 0.25) is 0 Å². The molecule has 3 heteroatoms. The molecule has 8 aromatic rings. The van der Waals surface area contributed by atoms with E-state index >= 15 is 0 Å². The molecule has 276 valence electrons. The average Bonchev–Trinajstić information content (AvgIpc) is 3.25. The van der Waals surface area contributed by atoms with Crippen LogP contribution >= 0.6 is 11.8 Å². The molecule has 0 aromatic heterocycles. The van der Waals surface area contributed by atoms with E-state index in [1.54, 1.807) is 0 Å². The Balaban J connectivity index is 1.03. The normalized spacial score (nSPS) is 14.3. The van der Waals surface area contributed by atoms with Gasteiger partial charge >= 0.3 is 0 Å². The molecular weight excluding hydrogens is 711 g/mol. The van der Waals surface area contributed by atoms with Crippen LogP contribution in [0.1, 0.15) is 49.9 Å². The lowest BCUT2D eigenvalue weighted by Gasteiger charge is -2.35. The zero-order valence-electron chi connectivity index (χ0n) is 32.7. The molecule has 0 N–H and O–H groups in total. The first kappa shape index (κ1) is 35.1. The molecule has 2 nitrogen and oxygen atoms in total. The minimum atomic E-state index is -0.173. The first-order valence-corrected chi connectivity index (χ1v) is 20.6. The Hall–Kier alpha value is -6.29. The maximum atomic E-state index is 6.66. The van der Waals surface area contributed by atoms with Crippen LogP contribution in [-0.4, -0.2) is 0 Å². The fourth-order valence-electron chi connectivity index (χ4n) is 8.85. The van der Waals surface area contributed by atoms with Gasteiger partial charge in [-0.3, -0.25) is 0 Å². The highest BCUT2D eigenvalue weighted by molar-refractivity contribution is 7.99. The van der Waals surface area contributed by atoms with Gasteiger partial charge < -0.3 is 9.64 Å². The maximum absolute atomic E-state index is 6.66. The first-order chi connectivity index (χ1) is 27.8. The van der Waals surface area contributed by atoms with E-state index in [0.29, 0.717) is 0 Å². The van der Waals surface area contributed by atoms with E-state index in [2.05, 4.69) is 221 Å². The molecule has 0 saturated carbocycles. The lowest BCUT2D eigenvalue weighted by Crippen LogP contribution is -2.24. The predicted molar refractivity (Wildman–Crippen MR) is 239 cm³/mol. The van der Waals surface area contributed by atoms with Gasteiger partial charge in [-0.05, 0) is 87.5 Å². The molecule has 2 aliphatic rings. The van der Waals surface area contributed by atoms with E-state index in [4.69, 9.17) is 4.74 Å². The molecule has 0 aliphatic carbocycles. The number of fused-ring (bicyclic) bond motifs is 4. The first-order valence-electron chi connectivity index (χ1n) is 19.8. The molecule has 2 aliphatic heterocycles. The quantitative estimate of drug-likeness (QED) is 0.168. The zero-order valence-corrected chi connectivity index (χ0v) is 33.5. The molecule has 2 heterocycles. The molecule has 10 rings (SSSR count). The minimum absolute atomic E-state index is 0.0755. The third-order valence-electron chi connectivity index (χ3n) is 12.0. The van der Waals surface area contributed by atoms with Gasteiger partial charge in [-0.25, -0.2) is 0 Å². The summed E-state index contributed by atoms with van der Waals surface area (Å²) in [5, 5.41) is 0. The molecule has 8 aromatic carbocycles. The maximum Gasteiger partial charge on any atom is 0.139 e. The number of anilines is 3. The largest absolute Gasteiger partial charge is 0.456 e. The van der Waals surface area contributed by atoms with Gasteiger partial charge in [0.15, 0.2) is 0 Å². The highest BCUT2D eigenvalue weighted by atomic mass is 32.2. The summed E-state index contributed by atoms with van der Waals surface area (Å²) in [5.74, 6) is 1.86. The average molecular weight is 754 g/mol. The van der Waals surface area contributed by atoms with Crippen molar-refractivity contribution in [1.29, 1.82) is 0 Å². The standard InChI is InChI=1S/C54H43NOS/c1-53(2)45-18-8-10-22-49(45)56-51-43(16-12-20-47(51)53)38-26-32-41(33-27-38)55(40-30-24-37(25-31-40)36-14-6-5-7-15-36)42-34-28-39(29-35-42)44-17-13-21-48-52(44)57-50-23-11-9-19-46(50)54(48,3)4/h5-35H,1-4H3. The topological polar surface area (TPSA) is 12.5 Å². The van der Waals surface area contributed by atoms with Crippen molar-refractivity contribution in [3.63, 3.8) is 0 Å². The van der Waals surface area contributed by atoms with Gasteiger partial charge in [-0.1, -0.05) is 179 Å². The summed E-state index contributed by atoms with van der Waals surface area (Å²) in [4.78, 5) is 5.04. The van der Waals surface area contributed by atoms with Crippen LogP contribution in [0.15, 0.2) is 198 Å². The van der Waals surface area contributed by atoms with Crippen LogP contribution in [0.25, 0.3) is 33.4 Å². The van der Waals surface area contributed by atoms with Crippen LogP contribution in [-0.2, 0) is 10.8 Å². The van der Waals surface area contributed by atoms with Crippen molar-refractivity contribution in [2.75, 3.05) is 4.90 Å². The Morgan fingerprint density at radius 2 is 0.860 bits per heavy atom. The summed E-state index contributed by atoms with van der Waals surface area (Å²) in [6, 6.07) is 68.1. The van der Waals surface area contributed by atoms with Crippen molar-refractivity contribution >= 4 is 28.8 Å². The number of ether oxygens (including phenoxy) is 1. The number of para-hydroxylation sites is 2. The van der Waals surface area contributed by atoms with E-state index in [1.807, 2.05) is 11.8 Å². The van der Waals surface area contributed by atoms with Crippen molar-refractivity contribution in [2.24, 2.45) is 0 Å². The third-order valence-corrected chi connectivity index (χ3v) is 13.2. The van der Waals surface area contributed by atoms with Gasteiger partial charge in [-0.15, -0.1) is 0 Å². The second-order valence-electron chi connectivity index (χ2n) is 16.2. The lowest BCUT2D eigenvalue weighted by atomic mass is 9.75. The van der Waals surface area contributed by atoms with Crippen molar-refractivity contribution < 1.29 is 4.74 Å². The van der Waals surface area contributed by atoms with E-state index in [1.165, 1.54) is 54.3 Å². The highest BCUT2D eigenvalue weighted by Crippen LogP contribution is 2.53. The second-order valence-corrected chi connectivity index (χ2v) is 17.2. The van der Waals surface area contributed by atoms with Gasteiger partial charge in [0.25, 0.3) is 0 Å². The summed E-state index contributed by atoms with van der Waals surface area (Å²) in [5.41, 5.74) is 15.3. The van der Waals surface area contributed by atoms with Crippen molar-refractivity contribution in [1.82, 2.24) is 0 Å². The predicted octanol–water partition coefficient (Wildman–Crippen LogP) is 15.4. The zero-order chi connectivity index (χ0) is 38.7. The molecule has 0 saturated heterocycles. The SMILES string of the molecule is CC1(C)c2ccccc2Oc2c(-c3ccc(N(c4ccc(-c5ccccc5)cc4)c4ccc(-c5cccc6c5Sc5ccccc5C6(C)C)cc4)cc3)cccc21. The molecule has 0 spiro atoms. The monoisotopic (exact) mass is 753 g/mol. The van der Waals surface area contributed by atoms with Crippen LogP contribution in [0.3, 0.4) is 0 Å². The van der Waals surface area contributed by atoms with Gasteiger partial charge in [0.05, 0.1) is 0 Å². The van der Waals surface area contributed by atoms with Crippen molar-refractivity contribution in [3.05, 3.63) is 210 Å². The van der Waals surface area contributed by atoms with Crippen LogP contribution in [0.4, 0.5) is 17.1 Å². The van der Waals surface area contributed by atoms with Gasteiger partial charge in [0.1, 0.15) is 11.5 Å². The van der Waals surface area contributed by atoms with E-state index in [-0.39, 0.29) is 10.8 Å². The summed E-state index contributed by atoms with van der Waals surface area (Å²) in [7, 11) is 0. The number of rotatable bonds is 6. The molecule has 0 atom stereocenters.